The number of rotatable bonds is 6. The summed E-state index contributed by atoms with van der Waals surface area (Å²) >= 11 is 7.46. The van der Waals surface area contributed by atoms with E-state index >= 15 is 0 Å². The maximum Gasteiger partial charge on any atom is 0.302 e. The van der Waals surface area contributed by atoms with Crippen LogP contribution in [0.1, 0.15) is 119 Å². The molecule has 0 radical (unpaired) electrons. The molecule has 4 saturated carbocycles. The SMILES string of the molecule is CC(=O)O[C@@H]1CC[C@]2(C)[C@@H]3CC[C@]4(C)[C@H](CC[C@H]4[C@H](C)CCCC(C)C)[C@@H]3CC[C@@]2(Cl)C1. The van der Waals surface area contributed by atoms with Gasteiger partial charge in [-0.2, -0.15) is 0 Å². The van der Waals surface area contributed by atoms with Crippen molar-refractivity contribution in [3.63, 3.8) is 0 Å². The van der Waals surface area contributed by atoms with Gasteiger partial charge in [-0.15, -0.1) is 11.6 Å². The van der Waals surface area contributed by atoms with Crippen molar-refractivity contribution in [3.05, 3.63) is 0 Å². The van der Waals surface area contributed by atoms with Crippen molar-refractivity contribution >= 4 is 17.6 Å². The molecule has 0 aliphatic heterocycles. The van der Waals surface area contributed by atoms with Gasteiger partial charge in [-0.05, 0) is 97.7 Å². The van der Waals surface area contributed by atoms with Gasteiger partial charge in [0.05, 0.1) is 4.87 Å². The molecule has 0 aromatic carbocycles. The lowest BCUT2D eigenvalue weighted by molar-refractivity contribution is -0.157. The number of halogens is 1. The molecule has 0 amide bonds. The summed E-state index contributed by atoms with van der Waals surface area (Å²) in [5.41, 5.74) is 0.729. The first-order valence-electron chi connectivity index (χ1n) is 13.9. The minimum Gasteiger partial charge on any atom is -0.462 e. The van der Waals surface area contributed by atoms with Crippen LogP contribution in [0.4, 0.5) is 0 Å². The fraction of sp³-hybridized carbons (Fsp3) is 0.966. The minimum atomic E-state index is -0.192. The number of hydrogen-bond donors (Lipinski definition) is 0. The van der Waals surface area contributed by atoms with E-state index in [0.29, 0.717) is 5.41 Å². The van der Waals surface area contributed by atoms with Gasteiger partial charge in [0.2, 0.25) is 0 Å². The molecule has 4 aliphatic carbocycles. The summed E-state index contributed by atoms with van der Waals surface area (Å²) < 4.78 is 5.64. The monoisotopic (exact) mass is 464 g/mol. The highest BCUT2D eigenvalue weighted by molar-refractivity contribution is 6.24. The molecule has 4 rings (SSSR count). The van der Waals surface area contributed by atoms with Crippen LogP contribution in [0.5, 0.6) is 0 Å². The van der Waals surface area contributed by atoms with E-state index in [1.165, 1.54) is 58.3 Å². The summed E-state index contributed by atoms with van der Waals surface area (Å²) in [5.74, 6) is 4.95. The van der Waals surface area contributed by atoms with Crippen molar-refractivity contribution in [1.29, 1.82) is 0 Å². The Labute approximate surface area is 203 Å². The van der Waals surface area contributed by atoms with Crippen molar-refractivity contribution < 1.29 is 9.53 Å². The number of hydrogen-bond acceptors (Lipinski definition) is 2. The van der Waals surface area contributed by atoms with E-state index in [2.05, 4.69) is 34.6 Å². The minimum absolute atomic E-state index is 0.0195. The van der Waals surface area contributed by atoms with Crippen molar-refractivity contribution in [2.45, 2.75) is 130 Å². The Morgan fingerprint density at radius 3 is 2.41 bits per heavy atom. The van der Waals surface area contributed by atoms with E-state index in [-0.39, 0.29) is 22.4 Å². The predicted octanol–water partition coefficient (Wildman–Crippen LogP) is 8.40. The summed E-state index contributed by atoms with van der Waals surface area (Å²) in [6, 6.07) is 0. The molecule has 32 heavy (non-hydrogen) atoms. The molecular formula is C29H49ClO2. The standard InChI is InChI=1S/C29H49ClO2/c1-19(2)8-7-9-20(3)24-10-11-25-23-13-17-29(30)18-22(32-21(4)31)12-16-28(29,6)26(23)14-15-27(24,25)5/h19-20,22-26H,7-18H2,1-6H3/t20-,22-,23+,24+,25-,26-,27+,28-,29-/m1/s1. The second kappa shape index (κ2) is 9.09. The van der Waals surface area contributed by atoms with E-state index in [0.717, 1.165) is 61.2 Å². The number of fused-ring (bicyclic) bond motifs is 5. The van der Waals surface area contributed by atoms with Crippen LogP contribution in [0.2, 0.25) is 0 Å². The lowest BCUT2D eigenvalue weighted by atomic mass is 9.44. The quantitative estimate of drug-likeness (QED) is 0.291. The fourth-order valence-electron chi connectivity index (χ4n) is 9.52. The van der Waals surface area contributed by atoms with E-state index < -0.39 is 0 Å². The molecule has 2 nitrogen and oxygen atoms in total. The molecule has 4 fully saturated rings. The van der Waals surface area contributed by atoms with Gasteiger partial charge < -0.3 is 4.74 Å². The van der Waals surface area contributed by atoms with Gasteiger partial charge in [-0.1, -0.05) is 53.9 Å². The Morgan fingerprint density at radius 1 is 0.969 bits per heavy atom. The summed E-state index contributed by atoms with van der Waals surface area (Å²) in [4.78, 5) is 11.4. The number of esters is 1. The molecule has 0 heterocycles. The number of carbonyl (C=O) groups excluding carboxylic acids is 1. The van der Waals surface area contributed by atoms with E-state index in [1.807, 2.05) is 0 Å². The van der Waals surface area contributed by atoms with E-state index in [4.69, 9.17) is 16.3 Å². The molecule has 0 N–H and O–H groups in total. The normalized spacial score (nSPS) is 46.8. The molecule has 0 aromatic rings. The molecule has 0 aromatic heterocycles. The van der Waals surface area contributed by atoms with Crippen molar-refractivity contribution in [2.75, 3.05) is 0 Å². The van der Waals surface area contributed by atoms with Gasteiger partial charge in [0, 0.05) is 13.3 Å². The summed E-state index contributed by atoms with van der Waals surface area (Å²) in [6.07, 6.45) is 15.2. The number of alkyl halides is 1. The third-order valence-electron chi connectivity index (χ3n) is 11.2. The zero-order valence-corrected chi connectivity index (χ0v) is 22.5. The maximum atomic E-state index is 11.6. The summed E-state index contributed by atoms with van der Waals surface area (Å²) in [7, 11) is 0. The average Bonchev–Trinajstić information content (AvgIpc) is 3.05. The Balaban J connectivity index is 1.47. The molecule has 3 heteroatoms. The van der Waals surface area contributed by atoms with Crippen molar-refractivity contribution in [3.8, 4) is 0 Å². The Morgan fingerprint density at radius 2 is 1.72 bits per heavy atom. The Kier molecular flexibility index (Phi) is 7.06. The molecule has 0 saturated heterocycles. The topological polar surface area (TPSA) is 26.3 Å². The average molecular weight is 465 g/mol. The molecule has 0 bridgehead atoms. The molecule has 0 spiro atoms. The van der Waals surface area contributed by atoms with Gasteiger partial charge in [-0.25, -0.2) is 0 Å². The largest absolute Gasteiger partial charge is 0.462 e. The summed E-state index contributed by atoms with van der Waals surface area (Å²) in [5, 5.41) is 0. The molecule has 9 atom stereocenters. The highest BCUT2D eigenvalue weighted by atomic mass is 35.5. The number of carbonyl (C=O) groups is 1. The van der Waals surface area contributed by atoms with Gasteiger partial charge in [0.15, 0.2) is 0 Å². The summed E-state index contributed by atoms with van der Waals surface area (Å²) in [6.45, 7) is 14.0. The predicted molar refractivity (Wildman–Crippen MR) is 134 cm³/mol. The van der Waals surface area contributed by atoms with E-state index in [1.54, 1.807) is 0 Å². The van der Waals surface area contributed by atoms with Crippen LogP contribution in [0.25, 0.3) is 0 Å². The van der Waals surface area contributed by atoms with Gasteiger partial charge in [0.1, 0.15) is 6.10 Å². The van der Waals surface area contributed by atoms with Crippen LogP contribution in [0.3, 0.4) is 0 Å². The second-order valence-corrected chi connectivity index (χ2v) is 14.0. The maximum absolute atomic E-state index is 11.6. The molecular weight excluding hydrogens is 416 g/mol. The second-order valence-electron chi connectivity index (χ2n) is 13.3. The Bertz CT molecular complexity index is 691. The Hall–Kier alpha value is -0.240. The lowest BCUT2D eigenvalue weighted by Gasteiger charge is -2.64. The zero-order chi connectivity index (χ0) is 23.3. The van der Waals surface area contributed by atoms with Gasteiger partial charge >= 0.3 is 5.97 Å². The van der Waals surface area contributed by atoms with Gasteiger partial charge in [-0.3, -0.25) is 4.79 Å². The molecule has 4 aliphatic rings. The first kappa shape index (κ1) is 24.9. The van der Waals surface area contributed by atoms with E-state index in [9.17, 15) is 4.79 Å². The number of ether oxygens (including phenoxy) is 1. The molecule has 184 valence electrons. The van der Waals surface area contributed by atoms with Crippen LogP contribution >= 0.6 is 11.6 Å². The highest BCUT2D eigenvalue weighted by Gasteiger charge is 2.64. The van der Waals surface area contributed by atoms with Crippen molar-refractivity contribution in [2.24, 2.45) is 46.3 Å². The first-order chi connectivity index (χ1) is 15.0. The van der Waals surface area contributed by atoms with Gasteiger partial charge in [0.25, 0.3) is 0 Å². The third-order valence-corrected chi connectivity index (χ3v) is 12.0. The van der Waals surface area contributed by atoms with Crippen LogP contribution < -0.4 is 0 Å². The first-order valence-corrected chi connectivity index (χ1v) is 14.2. The zero-order valence-electron chi connectivity index (χ0n) is 21.7. The van der Waals surface area contributed by atoms with Crippen molar-refractivity contribution in [1.82, 2.24) is 0 Å². The highest BCUT2D eigenvalue weighted by Crippen LogP contribution is 2.70. The molecule has 0 unspecified atom stereocenters. The van der Waals surface area contributed by atoms with Crippen LogP contribution in [-0.4, -0.2) is 16.9 Å². The smallest absolute Gasteiger partial charge is 0.302 e. The van der Waals surface area contributed by atoms with Crippen LogP contribution in [0, 0.1) is 46.3 Å². The lowest BCUT2D eigenvalue weighted by Crippen LogP contribution is -2.60. The van der Waals surface area contributed by atoms with Crippen LogP contribution in [-0.2, 0) is 9.53 Å². The third kappa shape index (κ3) is 4.18. The fourth-order valence-corrected chi connectivity index (χ4v) is 10.0. The van der Waals surface area contributed by atoms with Crippen LogP contribution in [0.15, 0.2) is 0 Å².